The van der Waals surface area contributed by atoms with Gasteiger partial charge in [-0.25, -0.2) is 0 Å². The fourth-order valence-electron chi connectivity index (χ4n) is 2.62. The maximum absolute atomic E-state index is 13.1. The van der Waals surface area contributed by atoms with Gasteiger partial charge in [-0.2, -0.15) is 13.2 Å². The molecule has 0 N–H and O–H groups in total. The van der Waals surface area contributed by atoms with E-state index in [9.17, 15) is 18.0 Å². The van der Waals surface area contributed by atoms with Crippen molar-refractivity contribution in [3.05, 3.63) is 29.8 Å². The summed E-state index contributed by atoms with van der Waals surface area (Å²) in [5.41, 5.74) is 0.236. The SMILES string of the molecule is COCCOc1ccc(C(=O)N2CCCCC2C(F)(F)F)cc1. The first-order valence-corrected chi connectivity index (χ1v) is 7.53. The van der Waals surface area contributed by atoms with Crippen molar-refractivity contribution in [2.45, 2.75) is 31.5 Å². The van der Waals surface area contributed by atoms with Gasteiger partial charge in [-0.3, -0.25) is 4.79 Å². The molecular weight excluding hydrogens is 311 g/mol. The largest absolute Gasteiger partial charge is 0.491 e. The van der Waals surface area contributed by atoms with Crippen molar-refractivity contribution in [3.63, 3.8) is 0 Å². The molecule has 1 fully saturated rings. The fraction of sp³-hybridized carbons (Fsp3) is 0.562. The molecule has 1 aromatic rings. The molecule has 7 heteroatoms. The predicted molar refractivity (Wildman–Crippen MR) is 78.5 cm³/mol. The summed E-state index contributed by atoms with van der Waals surface area (Å²) in [4.78, 5) is 13.3. The molecule has 1 saturated heterocycles. The van der Waals surface area contributed by atoms with E-state index in [4.69, 9.17) is 9.47 Å². The Labute approximate surface area is 133 Å². The minimum atomic E-state index is -4.39. The second-order valence-electron chi connectivity index (χ2n) is 5.42. The lowest BCUT2D eigenvalue weighted by molar-refractivity contribution is -0.183. The van der Waals surface area contributed by atoms with Crippen LogP contribution in [-0.2, 0) is 4.74 Å². The quantitative estimate of drug-likeness (QED) is 0.778. The van der Waals surface area contributed by atoms with Gasteiger partial charge in [-0.05, 0) is 43.5 Å². The number of methoxy groups -OCH3 is 1. The molecule has 0 saturated carbocycles. The monoisotopic (exact) mass is 331 g/mol. The van der Waals surface area contributed by atoms with E-state index in [0.29, 0.717) is 31.8 Å². The Morgan fingerprint density at radius 1 is 1.22 bits per heavy atom. The highest BCUT2D eigenvalue weighted by Gasteiger charge is 2.46. The summed E-state index contributed by atoms with van der Waals surface area (Å²) in [6, 6.07) is 4.45. The number of benzene rings is 1. The molecule has 1 unspecified atom stereocenters. The van der Waals surface area contributed by atoms with Gasteiger partial charge in [0.25, 0.3) is 5.91 Å². The molecule has 0 bridgehead atoms. The smallest absolute Gasteiger partial charge is 0.408 e. The first-order valence-electron chi connectivity index (χ1n) is 7.53. The van der Waals surface area contributed by atoms with Gasteiger partial charge in [0.2, 0.25) is 0 Å². The van der Waals surface area contributed by atoms with Gasteiger partial charge in [0.1, 0.15) is 18.4 Å². The molecule has 0 aromatic heterocycles. The molecule has 1 atom stereocenters. The normalized spacial score (nSPS) is 18.8. The molecule has 0 spiro atoms. The third-order valence-corrected chi connectivity index (χ3v) is 3.80. The van der Waals surface area contributed by atoms with Crippen LogP contribution >= 0.6 is 0 Å². The fourth-order valence-corrected chi connectivity index (χ4v) is 2.62. The van der Waals surface area contributed by atoms with Crippen LogP contribution in [0, 0.1) is 0 Å². The highest BCUT2D eigenvalue weighted by molar-refractivity contribution is 5.94. The number of hydrogen-bond donors (Lipinski definition) is 0. The number of ether oxygens (including phenoxy) is 2. The van der Waals surface area contributed by atoms with Gasteiger partial charge in [-0.1, -0.05) is 0 Å². The highest BCUT2D eigenvalue weighted by Crippen LogP contribution is 2.32. The standard InChI is InChI=1S/C16H20F3NO3/c1-22-10-11-23-13-7-5-12(6-8-13)15(21)20-9-3-2-4-14(20)16(17,18)19/h5-8,14H,2-4,9-11H2,1H3. The lowest BCUT2D eigenvalue weighted by Crippen LogP contribution is -2.51. The Bertz CT molecular complexity index is 516. The van der Waals surface area contributed by atoms with Gasteiger partial charge < -0.3 is 14.4 Å². The third kappa shape index (κ3) is 4.60. The Morgan fingerprint density at radius 2 is 1.91 bits per heavy atom. The van der Waals surface area contributed by atoms with Crippen LogP contribution < -0.4 is 4.74 Å². The number of alkyl halides is 3. The van der Waals surface area contributed by atoms with Crippen LogP contribution in [0.4, 0.5) is 13.2 Å². The molecule has 128 valence electrons. The van der Waals surface area contributed by atoms with E-state index in [0.717, 1.165) is 4.90 Å². The molecule has 1 heterocycles. The van der Waals surface area contributed by atoms with E-state index >= 15 is 0 Å². The molecule has 0 radical (unpaired) electrons. The topological polar surface area (TPSA) is 38.8 Å². The number of likely N-dealkylation sites (tertiary alicyclic amines) is 1. The number of rotatable bonds is 5. The summed E-state index contributed by atoms with van der Waals surface area (Å²) in [7, 11) is 1.56. The summed E-state index contributed by atoms with van der Waals surface area (Å²) in [5.74, 6) is -0.0416. The van der Waals surface area contributed by atoms with Crippen LogP contribution in [0.3, 0.4) is 0 Å². The van der Waals surface area contributed by atoms with Gasteiger partial charge >= 0.3 is 6.18 Å². The Hall–Kier alpha value is -1.76. The molecule has 23 heavy (non-hydrogen) atoms. The average Bonchev–Trinajstić information content (AvgIpc) is 2.54. The number of carbonyl (C=O) groups excluding carboxylic acids is 1. The predicted octanol–water partition coefficient (Wildman–Crippen LogP) is 3.27. The van der Waals surface area contributed by atoms with Crippen LogP contribution in [0.1, 0.15) is 29.6 Å². The zero-order valence-electron chi connectivity index (χ0n) is 12.9. The first-order chi connectivity index (χ1) is 10.9. The molecule has 2 rings (SSSR count). The highest BCUT2D eigenvalue weighted by atomic mass is 19.4. The Morgan fingerprint density at radius 3 is 2.52 bits per heavy atom. The van der Waals surface area contributed by atoms with Gasteiger partial charge in [-0.15, -0.1) is 0 Å². The van der Waals surface area contributed by atoms with E-state index in [-0.39, 0.29) is 18.5 Å². The molecule has 0 aliphatic carbocycles. The van der Waals surface area contributed by atoms with E-state index in [1.807, 2.05) is 0 Å². The summed E-state index contributed by atoms with van der Waals surface area (Å²) in [6.07, 6.45) is -3.34. The molecule has 1 aromatic carbocycles. The summed E-state index contributed by atoms with van der Waals surface area (Å²) in [5, 5.41) is 0. The van der Waals surface area contributed by atoms with Crippen molar-refractivity contribution < 1.29 is 27.4 Å². The van der Waals surface area contributed by atoms with Crippen molar-refractivity contribution >= 4 is 5.91 Å². The van der Waals surface area contributed by atoms with Gasteiger partial charge in [0.15, 0.2) is 0 Å². The lowest BCUT2D eigenvalue weighted by Gasteiger charge is -2.36. The molecular formula is C16H20F3NO3. The first kappa shape index (κ1) is 17.6. The van der Waals surface area contributed by atoms with Crippen molar-refractivity contribution in [3.8, 4) is 5.75 Å². The zero-order chi connectivity index (χ0) is 16.9. The number of carbonyl (C=O) groups is 1. The second kappa shape index (κ2) is 7.68. The van der Waals surface area contributed by atoms with E-state index < -0.39 is 18.1 Å². The summed E-state index contributed by atoms with van der Waals surface area (Å²) < 4.78 is 49.5. The summed E-state index contributed by atoms with van der Waals surface area (Å²) >= 11 is 0. The lowest BCUT2D eigenvalue weighted by atomic mass is 10.0. The minimum absolute atomic E-state index is 0.0343. The van der Waals surface area contributed by atoms with Gasteiger partial charge in [0.05, 0.1) is 6.61 Å². The second-order valence-corrected chi connectivity index (χ2v) is 5.42. The van der Waals surface area contributed by atoms with Crippen molar-refractivity contribution in [1.82, 2.24) is 4.90 Å². The van der Waals surface area contributed by atoms with Crippen molar-refractivity contribution in [2.75, 3.05) is 26.9 Å². The van der Waals surface area contributed by atoms with E-state index in [1.165, 1.54) is 12.1 Å². The molecule has 1 aliphatic heterocycles. The minimum Gasteiger partial charge on any atom is -0.491 e. The summed E-state index contributed by atoms with van der Waals surface area (Å²) in [6.45, 7) is 0.933. The average molecular weight is 331 g/mol. The van der Waals surface area contributed by atoms with Crippen LogP contribution in [0.25, 0.3) is 0 Å². The number of hydrogen-bond acceptors (Lipinski definition) is 3. The molecule has 4 nitrogen and oxygen atoms in total. The Balaban J connectivity index is 2.06. The van der Waals surface area contributed by atoms with Crippen LogP contribution in [-0.4, -0.2) is 49.9 Å². The van der Waals surface area contributed by atoms with Crippen molar-refractivity contribution in [1.29, 1.82) is 0 Å². The van der Waals surface area contributed by atoms with Crippen LogP contribution in [0.15, 0.2) is 24.3 Å². The molecule has 1 amide bonds. The number of amides is 1. The molecule has 1 aliphatic rings. The van der Waals surface area contributed by atoms with Crippen LogP contribution in [0.5, 0.6) is 5.75 Å². The maximum atomic E-state index is 13.1. The van der Waals surface area contributed by atoms with Crippen LogP contribution in [0.2, 0.25) is 0 Å². The van der Waals surface area contributed by atoms with Crippen molar-refractivity contribution in [2.24, 2.45) is 0 Å². The zero-order valence-corrected chi connectivity index (χ0v) is 12.9. The number of piperidine rings is 1. The maximum Gasteiger partial charge on any atom is 0.408 e. The van der Waals surface area contributed by atoms with E-state index in [1.54, 1.807) is 19.2 Å². The third-order valence-electron chi connectivity index (χ3n) is 3.80. The number of halogens is 3. The number of nitrogens with zero attached hydrogens (tertiary/aromatic N) is 1. The van der Waals surface area contributed by atoms with Gasteiger partial charge in [0, 0.05) is 19.2 Å². The Kier molecular flexibility index (Phi) is 5.87. The van der Waals surface area contributed by atoms with E-state index in [2.05, 4.69) is 0 Å².